The van der Waals surface area contributed by atoms with Crippen molar-refractivity contribution in [2.45, 2.75) is 89.9 Å². The minimum Gasteiger partial charge on any atom is -0.461 e. The van der Waals surface area contributed by atoms with Gasteiger partial charge in [-0.1, -0.05) is 67.4 Å². The minimum atomic E-state index is -0.233. The molecule has 2 atom stereocenters. The Bertz CT molecular complexity index is 1360. The van der Waals surface area contributed by atoms with Crippen LogP contribution < -0.4 is 11.1 Å². The minimum absolute atomic E-state index is 0.0793. The zero-order chi connectivity index (χ0) is 30.3. The van der Waals surface area contributed by atoms with Gasteiger partial charge in [-0.15, -0.1) is 0 Å². The molecule has 5 rings (SSSR count). The molecule has 1 saturated heterocycles. The first-order chi connectivity index (χ1) is 20.8. The lowest BCUT2D eigenvalue weighted by Crippen LogP contribution is -2.52. The Morgan fingerprint density at radius 2 is 1.79 bits per heavy atom. The number of benzene rings is 2. The summed E-state index contributed by atoms with van der Waals surface area (Å²) in [4.78, 5) is 24.7. The van der Waals surface area contributed by atoms with Crippen LogP contribution in [0.1, 0.15) is 69.2 Å². The number of nitrogens with one attached hydrogen (secondary N) is 1. The van der Waals surface area contributed by atoms with E-state index in [1.165, 1.54) is 5.56 Å². The largest absolute Gasteiger partial charge is 0.461 e. The van der Waals surface area contributed by atoms with Gasteiger partial charge in [-0.05, 0) is 87.1 Å². The number of ether oxygens (including phenoxy) is 1. The van der Waals surface area contributed by atoms with E-state index in [0.717, 1.165) is 80.7 Å². The number of piperidine rings is 1. The maximum absolute atomic E-state index is 12.9. The summed E-state index contributed by atoms with van der Waals surface area (Å²) in [7, 11) is 0. The number of esters is 1. The lowest BCUT2D eigenvalue weighted by atomic mass is 9.96. The highest BCUT2D eigenvalue weighted by Crippen LogP contribution is 2.28. The predicted octanol–water partition coefficient (Wildman–Crippen LogP) is 6.88. The van der Waals surface area contributed by atoms with Gasteiger partial charge in [-0.2, -0.15) is 0 Å². The quantitative estimate of drug-likeness (QED) is 0.225. The molecule has 230 valence electrons. The molecule has 0 bridgehead atoms. The van der Waals surface area contributed by atoms with Crippen LogP contribution in [-0.2, 0) is 28.9 Å². The molecule has 43 heavy (non-hydrogen) atoms. The van der Waals surface area contributed by atoms with Crippen LogP contribution in [0.5, 0.6) is 0 Å². The number of halogens is 2. The van der Waals surface area contributed by atoms with Crippen molar-refractivity contribution in [3.8, 4) is 11.3 Å². The number of aromatic nitrogens is 2. The average molecular weight is 625 g/mol. The first kappa shape index (κ1) is 31.7. The first-order valence-corrected chi connectivity index (χ1v) is 16.3. The van der Waals surface area contributed by atoms with Crippen LogP contribution in [0.4, 0.5) is 5.82 Å². The van der Waals surface area contributed by atoms with Crippen LogP contribution in [0.3, 0.4) is 0 Å². The Morgan fingerprint density at radius 3 is 2.49 bits per heavy atom. The summed E-state index contributed by atoms with van der Waals surface area (Å²) in [6.45, 7) is 7.12. The van der Waals surface area contributed by atoms with Crippen molar-refractivity contribution in [2.24, 2.45) is 5.92 Å². The van der Waals surface area contributed by atoms with E-state index in [-0.39, 0.29) is 18.1 Å². The molecule has 2 heterocycles. The van der Waals surface area contributed by atoms with E-state index in [4.69, 9.17) is 38.7 Å². The van der Waals surface area contributed by atoms with Gasteiger partial charge in [0.1, 0.15) is 18.0 Å². The number of nitrogen functional groups attached to an aromatic ring is 1. The molecule has 2 aliphatic rings. The van der Waals surface area contributed by atoms with Gasteiger partial charge in [0.15, 0.2) is 0 Å². The summed E-state index contributed by atoms with van der Waals surface area (Å²) >= 11 is 12.7. The normalized spacial score (nSPS) is 19.3. The molecule has 1 aliphatic carbocycles. The summed E-state index contributed by atoms with van der Waals surface area (Å²) in [5.41, 5.74) is 10.8. The van der Waals surface area contributed by atoms with Gasteiger partial charge in [-0.3, -0.25) is 9.69 Å². The zero-order valence-electron chi connectivity index (χ0n) is 25.2. The highest BCUT2D eigenvalue weighted by molar-refractivity contribution is 6.36. The van der Waals surface area contributed by atoms with E-state index in [1.807, 2.05) is 18.2 Å². The average Bonchev–Trinajstić information content (AvgIpc) is 3.51. The fourth-order valence-corrected chi connectivity index (χ4v) is 6.85. The van der Waals surface area contributed by atoms with Crippen LogP contribution in [0, 0.1) is 5.92 Å². The van der Waals surface area contributed by atoms with Gasteiger partial charge in [-0.25, -0.2) is 9.97 Å². The fourth-order valence-electron chi connectivity index (χ4n) is 6.26. The number of aryl methyl sites for hydroxylation is 1. The molecular weight excluding hydrogens is 581 g/mol. The van der Waals surface area contributed by atoms with E-state index < -0.39 is 0 Å². The lowest BCUT2D eigenvalue weighted by molar-refractivity contribution is -0.152. The molecule has 1 saturated carbocycles. The number of nitrogens with zero attached hydrogens (tertiary/aromatic N) is 3. The van der Waals surface area contributed by atoms with Gasteiger partial charge in [0.25, 0.3) is 0 Å². The van der Waals surface area contributed by atoms with Gasteiger partial charge < -0.3 is 15.8 Å². The number of hydrogen-bond acceptors (Lipinski definition) is 7. The highest BCUT2D eigenvalue weighted by Gasteiger charge is 2.33. The Hall–Kier alpha value is -2.71. The Kier molecular flexibility index (Phi) is 10.9. The second-order valence-electron chi connectivity index (χ2n) is 12.3. The van der Waals surface area contributed by atoms with Crippen molar-refractivity contribution < 1.29 is 9.53 Å². The third-order valence-corrected chi connectivity index (χ3v) is 9.26. The van der Waals surface area contributed by atoms with E-state index in [9.17, 15) is 4.79 Å². The fraction of sp³-hybridized carbons (Fsp3) is 0.500. The number of carbonyl (C=O) groups excluding carboxylic acids is 1. The van der Waals surface area contributed by atoms with Crippen molar-refractivity contribution in [2.75, 3.05) is 18.8 Å². The summed E-state index contributed by atoms with van der Waals surface area (Å²) in [6, 6.07) is 14.1. The molecular formula is C34H43Cl2N5O2. The smallest absolute Gasteiger partial charge is 0.323 e. The first-order valence-electron chi connectivity index (χ1n) is 15.6. The van der Waals surface area contributed by atoms with Crippen LogP contribution in [0.25, 0.3) is 11.3 Å². The van der Waals surface area contributed by atoms with Crippen LogP contribution in [0.2, 0.25) is 10.0 Å². The summed E-state index contributed by atoms with van der Waals surface area (Å²) < 4.78 is 5.85. The predicted molar refractivity (Wildman–Crippen MR) is 174 cm³/mol. The number of anilines is 1. The molecule has 3 N–H and O–H groups in total. The number of carbonyl (C=O) groups is 1. The summed E-state index contributed by atoms with van der Waals surface area (Å²) in [5, 5.41) is 4.70. The van der Waals surface area contributed by atoms with E-state index in [0.29, 0.717) is 40.7 Å². The molecule has 2 aromatic carbocycles. The Morgan fingerprint density at radius 1 is 1.07 bits per heavy atom. The van der Waals surface area contributed by atoms with Gasteiger partial charge in [0.2, 0.25) is 0 Å². The van der Waals surface area contributed by atoms with Crippen molar-refractivity contribution in [1.82, 2.24) is 20.2 Å². The molecule has 1 aliphatic heterocycles. The maximum Gasteiger partial charge on any atom is 0.323 e. The number of rotatable bonds is 11. The van der Waals surface area contributed by atoms with Gasteiger partial charge >= 0.3 is 5.97 Å². The molecule has 9 heteroatoms. The van der Waals surface area contributed by atoms with Crippen molar-refractivity contribution in [3.63, 3.8) is 0 Å². The maximum atomic E-state index is 12.9. The van der Waals surface area contributed by atoms with Crippen LogP contribution in [-0.4, -0.2) is 52.1 Å². The second kappa shape index (κ2) is 14.8. The molecule has 1 unspecified atom stereocenters. The molecule has 2 fully saturated rings. The van der Waals surface area contributed by atoms with E-state index in [1.54, 1.807) is 6.20 Å². The van der Waals surface area contributed by atoms with Crippen LogP contribution in [0.15, 0.2) is 48.7 Å². The standard InChI is InChI=1S/C34H43Cl2N5O2/c1-22(2)20-41(25-16-17-38-31(18-25)34(42)43-26-6-3-4-7-26)21-23-10-12-24(13-11-23)32-19-39-33(37)30(40-32)15-14-27-28(35)8-5-9-29(27)36/h5,8-13,19,22,25-26,31,38H,3-4,6-7,14-18,20-21H2,1-2H3,(H2,37,39)/t25?,31-/m1/s1. The lowest BCUT2D eigenvalue weighted by Gasteiger charge is -2.38. The van der Waals surface area contributed by atoms with E-state index >= 15 is 0 Å². The van der Waals surface area contributed by atoms with Crippen molar-refractivity contribution >= 4 is 35.0 Å². The number of nitrogens with two attached hydrogens (primary N) is 1. The molecule has 7 nitrogen and oxygen atoms in total. The summed E-state index contributed by atoms with van der Waals surface area (Å²) in [5.74, 6) is 0.854. The molecule has 3 aromatic rings. The molecule has 0 radical (unpaired) electrons. The zero-order valence-corrected chi connectivity index (χ0v) is 26.7. The SMILES string of the molecule is CC(C)CN(Cc1ccc(-c2cnc(N)c(CCc3c(Cl)cccc3Cl)n2)cc1)C1CCN[C@@H](C(=O)OC2CCCC2)C1. The van der Waals surface area contributed by atoms with Crippen molar-refractivity contribution in [1.29, 1.82) is 0 Å². The highest BCUT2D eigenvalue weighted by atomic mass is 35.5. The molecule has 0 amide bonds. The molecule has 0 spiro atoms. The summed E-state index contributed by atoms with van der Waals surface area (Å²) in [6.07, 6.45) is 9.14. The van der Waals surface area contributed by atoms with Gasteiger partial charge in [0.05, 0.1) is 17.6 Å². The second-order valence-corrected chi connectivity index (χ2v) is 13.2. The Balaban J connectivity index is 1.24. The topological polar surface area (TPSA) is 93.4 Å². The Labute approximate surface area is 265 Å². The third kappa shape index (κ3) is 8.48. The van der Waals surface area contributed by atoms with E-state index in [2.05, 4.69) is 53.3 Å². The van der Waals surface area contributed by atoms with Crippen LogP contribution >= 0.6 is 23.2 Å². The molecule has 1 aromatic heterocycles. The number of hydrogen-bond donors (Lipinski definition) is 2. The van der Waals surface area contributed by atoms with Gasteiger partial charge in [0, 0.05) is 34.7 Å². The monoisotopic (exact) mass is 623 g/mol. The van der Waals surface area contributed by atoms with Crippen molar-refractivity contribution in [3.05, 3.63) is 75.5 Å². The third-order valence-electron chi connectivity index (χ3n) is 8.55.